The summed E-state index contributed by atoms with van der Waals surface area (Å²) >= 11 is 1.40. The molecular formula is C24H22FN5O3S. The number of halogens is 1. The van der Waals surface area contributed by atoms with Crippen LogP contribution >= 0.6 is 11.8 Å². The summed E-state index contributed by atoms with van der Waals surface area (Å²) in [6.07, 6.45) is 1.13. The largest absolute Gasteiger partial charge is 0.328 e. The van der Waals surface area contributed by atoms with Crippen molar-refractivity contribution in [2.45, 2.75) is 43.6 Å². The molecule has 1 atom stereocenters. The van der Waals surface area contributed by atoms with Crippen LogP contribution in [0.5, 0.6) is 0 Å². The summed E-state index contributed by atoms with van der Waals surface area (Å²) in [5.74, 6) is 0.766. The molecule has 1 aliphatic heterocycles. The Kier molecular flexibility index (Phi) is 5.47. The number of allylic oxidation sites excluding steroid dienone is 2. The van der Waals surface area contributed by atoms with Crippen LogP contribution in [0.2, 0.25) is 0 Å². The van der Waals surface area contributed by atoms with Gasteiger partial charge < -0.3 is 5.32 Å². The first-order chi connectivity index (χ1) is 16.2. The van der Waals surface area contributed by atoms with Gasteiger partial charge in [-0.15, -0.1) is 5.10 Å². The topological polar surface area (TPSA) is 103 Å². The van der Waals surface area contributed by atoms with Crippen molar-refractivity contribution in [2.24, 2.45) is 5.41 Å². The Morgan fingerprint density at radius 2 is 1.88 bits per heavy atom. The van der Waals surface area contributed by atoms with Crippen molar-refractivity contribution in [1.29, 1.82) is 0 Å². The van der Waals surface area contributed by atoms with Gasteiger partial charge >= 0.3 is 0 Å². The number of aromatic nitrogens is 3. The number of carbonyl (C=O) groups excluding carboxylic acids is 1. The minimum absolute atomic E-state index is 0.0416. The van der Waals surface area contributed by atoms with Crippen molar-refractivity contribution in [3.8, 4) is 0 Å². The lowest BCUT2D eigenvalue weighted by Gasteiger charge is -2.38. The van der Waals surface area contributed by atoms with E-state index in [9.17, 15) is 19.3 Å². The van der Waals surface area contributed by atoms with Gasteiger partial charge in [-0.3, -0.25) is 14.9 Å². The highest BCUT2D eigenvalue weighted by Crippen LogP contribution is 2.45. The number of nitrogens with one attached hydrogen (secondary N) is 1. The second kappa shape index (κ2) is 8.35. The number of anilines is 1. The number of ketones is 1. The highest BCUT2D eigenvalue weighted by Gasteiger charge is 2.41. The van der Waals surface area contributed by atoms with E-state index in [2.05, 4.69) is 29.2 Å². The van der Waals surface area contributed by atoms with Crippen molar-refractivity contribution in [3.05, 3.63) is 86.9 Å². The second-order valence-corrected chi connectivity index (χ2v) is 10.2. The van der Waals surface area contributed by atoms with E-state index in [1.807, 2.05) is 0 Å². The number of non-ortho nitro benzene ring substituents is 1. The zero-order valence-corrected chi connectivity index (χ0v) is 19.4. The molecule has 0 bridgehead atoms. The Morgan fingerprint density at radius 3 is 2.56 bits per heavy atom. The Balaban J connectivity index is 1.47. The molecule has 5 rings (SSSR count). The molecule has 2 aliphatic rings. The average Bonchev–Trinajstić information content (AvgIpc) is 3.19. The van der Waals surface area contributed by atoms with E-state index < -0.39 is 11.0 Å². The summed E-state index contributed by atoms with van der Waals surface area (Å²) in [6.45, 7) is 4.13. The summed E-state index contributed by atoms with van der Waals surface area (Å²) in [6, 6.07) is 12.0. The van der Waals surface area contributed by atoms with Crippen LogP contribution in [0, 0.1) is 21.3 Å². The first kappa shape index (κ1) is 22.3. The molecule has 0 radical (unpaired) electrons. The van der Waals surface area contributed by atoms with E-state index in [0.29, 0.717) is 35.3 Å². The fourth-order valence-electron chi connectivity index (χ4n) is 4.47. The molecule has 8 nitrogen and oxygen atoms in total. The number of nitrogens with zero attached hydrogens (tertiary/aromatic N) is 4. The number of hydrogen-bond donors (Lipinski definition) is 1. The van der Waals surface area contributed by atoms with Crippen molar-refractivity contribution < 1.29 is 14.1 Å². The summed E-state index contributed by atoms with van der Waals surface area (Å²) in [5.41, 5.74) is 3.02. The molecule has 0 amide bonds. The molecular weight excluding hydrogens is 457 g/mol. The lowest BCUT2D eigenvalue weighted by molar-refractivity contribution is -0.384. The molecule has 1 aliphatic carbocycles. The molecule has 0 fully saturated rings. The van der Waals surface area contributed by atoms with Crippen LogP contribution in [-0.4, -0.2) is 25.5 Å². The van der Waals surface area contributed by atoms with E-state index in [1.165, 1.54) is 36.0 Å². The third kappa shape index (κ3) is 4.21. The molecule has 2 aromatic carbocycles. The van der Waals surface area contributed by atoms with Crippen LogP contribution in [0.4, 0.5) is 16.0 Å². The van der Waals surface area contributed by atoms with Gasteiger partial charge in [0.2, 0.25) is 11.1 Å². The molecule has 34 heavy (non-hydrogen) atoms. The quantitative estimate of drug-likeness (QED) is 0.302. The number of hydrogen-bond acceptors (Lipinski definition) is 7. The Morgan fingerprint density at radius 1 is 1.18 bits per heavy atom. The van der Waals surface area contributed by atoms with Gasteiger partial charge in [-0.05, 0) is 35.1 Å². The van der Waals surface area contributed by atoms with Gasteiger partial charge in [0, 0.05) is 35.6 Å². The van der Waals surface area contributed by atoms with E-state index in [-0.39, 0.29) is 22.7 Å². The molecule has 3 aromatic rings. The van der Waals surface area contributed by atoms with Gasteiger partial charge in [-0.1, -0.05) is 49.9 Å². The molecule has 1 N–H and O–H groups in total. The monoisotopic (exact) mass is 479 g/mol. The molecule has 0 saturated carbocycles. The van der Waals surface area contributed by atoms with Crippen molar-refractivity contribution in [2.75, 3.05) is 5.32 Å². The van der Waals surface area contributed by atoms with Crippen molar-refractivity contribution in [1.82, 2.24) is 14.8 Å². The minimum Gasteiger partial charge on any atom is -0.328 e. The first-order valence-electron chi connectivity index (χ1n) is 10.8. The number of carbonyl (C=O) groups is 1. The maximum absolute atomic E-state index is 13.6. The van der Waals surface area contributed by atoms with Crippen LogP contribution in [0.25, 0.3) is 0 Å². The number of fused-ring (bicyclic) bond motifs is 1. The number of rotatable bonds is 5. The fraction of sp³-hybridized carbons (Fsp3) is 0.292. The predicted molar refractivity (Wildman–Crippen MR) is 126 cm³/mol. The fourth-order valence-corrected chi connectivity index (χ4v) is 5.25. The number of nitro groups is 1. The van der Waals surface area contributed by atoms with E-state index in [4.69, 9.17) is 0 Å². The minimum atomic E-state index is -0.489. The standard InChI is InChI=1S/C24H22FN5O3S/c1-24(2)11-18-20(19(31)12-24)21(15-5-7-16(25)8-6-15)29-22(26-18)27-23(28-29)34-13-14-3-9-17(10-4-14)30(32)33/h3-10,21H,11-13H2,1-2H3,(H,26,27,28)/t21-/m0/s1. The zero-order valence-electron chi connectivity index (χ0n) is 18.6. The summed E-state index contributed by atoms with van der Waals surface area (Å²) in [5, 5.41) is 19.4. The molecule has 0 unspecified atom stereocenters. The molecule has 0 saturated heterocycles. The number of nitro benzene ring substituents is 1. The van der Waals surface area contributed by atoms with E-state index in [0.717, 1.165) is 16.8 Å². The van der Waals surface area contributed by atoms with Gasteiger partial charge in [0.15, 0.2) is 5.78 Å². The molecule has 2 heterocycles. The normalized spacial score (nSPS) is 18.8. The second-order valence-electron chi connectivity index (χ2n) is 9.29. The molecule has 1 aromatic heterocycles. The van der Waals surface area contributed by atoms with Crippen molar-refractivity contribution in [3.63, 3.8) is 0 Å². The van der Waals surface area contributed by atoms with Crippen molar-refractivity contribution >= 4 is 29.2 Å². The lowest BCUT2D eigenvalue weighted by Crippen LogP contribution is -2.36. The van der Waals surface area contributed by atoms with Gasteiger partial charge in [0.25, 0.3) is 5.69 Å². The van der Waals surface area contributed by atoms with Crippen LogP contribution in [0.1, 0.15) is 43.9 Å². The highest BCUT2D eigenvalue weighted by atomic mass is 32.2. The first-order valence-corrected chi connectivity index (χ1v) is 11.8. The highest BCUT2D eigenvalue weighted by molar-refractivity contribution is 7.98. The average molecular weight is 480 g/mol. The van der Waals surface area contributed by atoms with Crippen LogP contribution < -0.4 is 5.32 Å². The summed E-state index contributed by atoms with van der Waals surface area (Å²) < 4.78 is 15.3. The summed E-state index contributed by atoms with van der Waals surface area (Å²) in [7, 11) is 0. The Labute approximate surface area is 199 Å². The van der Waals surface area contributed by atoms with Crippen LogP contribution in [0.15, 0.2) is 65.0 Å². The molecule has 10 heteroatoms. The zero-order chi connectivity index (χ0) is 24.0. The maximum Gasteiger partial charge on any atom is 0.269 e. The Bertz CT molecular complexity index is 1320. The van der Waals surface area contributed by atoms with E-state index in [1.54, 1.807) is 28.9 Å². The van der Waals surface area contributed by atoms with Gasteiger partial charge in [0.05, 0.1) is 4.92 Å². The predicted octanol–water partition coefficient (Wildman–Crippen LogP) is 5.28. The van der Waals surface area contributed by atoms with Gasteiger partial charge in [-0.25, -0.2) is 9.07 Å². The van der Waals surface area contributed by atoms with Gasteiger partial charge in [-0.2, -0.15) is 4.98 Å². The van der Waals surface area contributed by atoms with E-state index >= 15 is 0 Å². The third-order valence-electron chi connectivity index (χ3n) is 6.01. The number of thioether (sulfide) groups is 1. The number of benzene rings is 2. The lowest BCUT2D eigenvalue weighted by atomic mass is 9.73. The summed E-state index contributed by atoms with van der Waals surface area (Å²) in [4.78, 5) is 28.3. The number of Topliss-reactive ketones (excluding diaryl/α,β-unsaturated/α-hetero) is 1. The van der Waals surface area contributed by atoms with Crippen LogP contribution in [0.3, 0.4) is 0 Å². The third-order valence-corrected chi connectivity index (χ3v) is 6.92. The van der Waals surface area contributed by atoms with Crippen LogP contribution in [-0.2, 0) is 10.5 Å². The Hall–Kier alpha value is -3.53. The molecule has 0 spiro atoms. The van der Waals surface area contributed by atoms with Gasteiger partial charge in [0.1, 0.15) is 11.9 Å². The maximum atomic E-state index is 13.6. The SMILES string of the molecule is CC1(C)CC(=O)C2=C(C1)Nc1nc(SCc3ccc([N+](=O)[O-])cc3)nn1[C@H]2c1ccc(F)cc1. The smallest absolute Gasteiger partial charge is 0.269 e. The molecule has 174 valence electrons.